The molecule has 0 bridgehead atoms. The van der Waals surface area contributed by atoms with Crippen molar-refractivity contribution in [1.29, 1.82) is 0 Å². The molecule has 0 heterocycles. The van der Waals surface area contributed by atoms with Crippen LogP contribution in [-0.2, 0) is 0 Å². The maximum Gasteiger partial charge on any atom is 0.115 e. The van der Waals surface area contributed by atoms with Gasteiger partial charge in [0, 0.05) is 0 Å². The minimum absolute atomic E-state index is 0.184. The molecule has 0 aromatic heterocycles. The molecule has 0 saturated heterocycles. The van der Waals surface area contributed by atoms with E-state index in [0.29, 0.717) is 6.54 Å². The lowest BCUT2D eigenvalue weighted by atomic mass is 9.72. The van der Waals surface area contributed by atoms with Crippen LogP contribution < -0.4 is 0 Å². The third-order valence-corrected chi connectivity index (χ3v) is 4.29. The predicted octanol–water partition coefficient (Wildman–Crippen LogP) is 2.75. The van der Waals surface area contributed by atoms with Crippen LogP contribution in [0.1, 0.15) is 43.6 Å². The molecule has 1 atom stereocenters. The molecule has 1 aromatic rings. The van der Waals surface area contributed by atoms with E-state index in [-0.39, 0.29) is 11.7 Å². The molecule has 0 spiro atoms. The first-order valence-electron chi connectivity index (χ1n) is 7.35. The summed E-state index contributed by atoms with van der Waals surface area (Å²) in [6.07, 6.45) is 4.67. The summed E-state index contributed by atoms with van der Waals surface area (Å²) in [5, 5.41) is 32.5. The zero-order valence-corrected chi connectivity index (χ0v) is 12.4. The molecule has 1 aliphatic carbocycles. The number of hydrogen-bond donors (Lipinski definition) is 2. The molecule has 2 rings (SSSR count). The van der Waals surface area contributed by atoms with E-state index in [9.17, 15) is 15.4 Å². The van der Waals surface area contributed by atoms with Gasteiger partial charge in [0.2, 0.25) is 0 Å². The maximum absolute atomic E-state index is 12.1. The molecular formula is C16H25NO3. The Morgan fingerprint density at radius 3 is 2.20 bits per heavy atom. The summed E-state index contributed by atoms with van der Waals surface area (Å²) in [7, 11) is 3.22. The second-order valence-corrected chi connectivity index (χ2v) is 6.56. The Labute approximate surface area is 120 Å². The second kappa shape index (κ2) is 5.72. The minimum Gasteiger partial charge on any atom is -0.633 e. The van der Waals surface area contributed by atoms with Crippen molar-refractivity contribution in [3.05, 3.63) is 35.0 Å². The van der Waals surface area contributed by atoms with E-state index in [1.807, 2.05) is 12.1 Å². The highest BCUT2D eigenvalue weighted by molar-refractivity contribution is 5.30. The SMILES string of the molecule is C[N+](C)([O-])CC(c1ccc(O)cc1)C1(O)CCCCC1. The van der Waals surface area contributed by atoms with E-state index >= 15 is 0 Å². The quantitative estimate of drug-likeness (QED) is 0.658. The van der Waals surface area contributed by atoms with E-state index in [4.69, 9.17) is 0 Å². The van der Waals surface area contributed by atoms with Crippen molar-refractivity contribution >= 4 is 0 Å². The number of hydroxylamine groups is 3. The molecule has 0 amide bonds. The lowest BCUT2D eigenvalue weighted by Crippen LogP contribution is -2.47. The van der Waals surface area contributed by atoms with Crippen LogP contribution in [0.25, 0.3) is 0 Å². The van der Waals surface area contributed by atoms with Gasteiger partial charge in [0.1, 0.15) is 5.75 Å². The molecule has 1 fully saturated rings. The summed E-state index contributed by atoms with van der Waals surface area (Å²) < 4.78 is -0.423. The highest BCUT2D eigenvalue weighted by Gasteiger charge is 2.40. The highest BCUT2D eigenvalue weighted by atomic mass is 16.5. The molecule has 1 aliphatic rings. The lowest BCUT2D eigenvalue weighted by Gasteiger charge is -2.45. The van der Waals surface area contributed by atoms with Gasteiger partial charge in [-0.25, -0.2) is 0 Å². The molecule has 0 aliphatic heterocycles. The van der Waals surface area contributed by atoms with Crippen molar-refractivity contribution in [3.8, 4) is 5.75 Å². The van der Waals surface area contributed by atoms with Gasteiger partial charge in [0.05, 0.1) is 32.2 Å². The van der Waals surface area contributed by atoms with Crippen molar-refractivity contribution in [3.63, 3.8) is 0 Å². The summed E-state index contributed by atoms with van der Waals surface area (Å²) in [4.78, 5) is 0. The average Bonchev–Trinajstić information content (AvgIpc) is 2.37. The summed E-state index contributed by atoms with van der Waals surface area (Å²) in [6.45, 7) is 0.348. The van der Waals surface area contributed by atoms with Crippen molar-refractivity contribution in [2.24, 2.45) is 0 Å². The van der Waals surface area contributed by atoms with Crippen LogP contribution in [0.15, 0.2) is 24.3 Å². The third kappa shape index (κ3) is 3.72. The van der Waals surface area contributed by atoms with Gasteiger partial charge in [-0.1, -0.05) is 31.4 Å². The van der Waals surface area contributed by atoms with Gasteiger partial charge >= 0.3 is 0 Å². The molecule has 4 heteroatoms. The molecule has 20 heavy (non-hydrogen) atoms. The minimum atomic E-state index is -0.796. The molecule has 1 unspecified atom stereocenters. The Hall–Kier alpha value is -1.10. The Bertz CT molecular complexity index is 430. The fraction of sp³-hybridized carbons (Fsp3) is 0.625. The van der Waals surface area contributed by atoms with Gasteiger partial charge in [0.25, 0.3) is 0 Å². The average molecular weight is 279 g/mol. The number of phenols is 1. The first-order valence-corrected chi connectivity index (χ1v) is 7.35. The summed E-state index contributed by atoms with van der Waals surface area (Å²) >= 11 is 0. The van der Waals surface area contributed by atoms with Crippen molar-refractivity contribution in [2.75, 3.05) is 20.6 Å². The van der Waals surface area contributed by atoms with Gasteiger partial charge < -0.3 is 20.1 Å². The second-order valence-electron chi connectivity index (χ2n) is 6.56. The summed E-state index contributed by atoms with van der Waals surface area (Å²) in [5.74, 6) is 0.0231. The van der Waals surface area contributed by atoms with E-state index in [2.05, 4.69) is 0 Å². The van der Waals surface area contributed by atoms with E-state index in [1.165, 1.54) is 0 Å². The van der Waals surface area contributed by atoms with Crippen LogP contribution in [0, 0.1) is 5.21 Å². The first kappa shape index (κ1) is 15.3. The molecule has 1 aromatic carbocycles. The van der Waals surface area contributed by atoms with Crippen molar-refractivity contribution in [2.45, 2.75) is 43.6 Å². The van der Waals surface area contributed by atoms with Gasteiger partial charge in [-0.15, -0.1) is 0 Å². The maximum atomic E-state index is 12.1. The Kier molecular flexibility index (Phi) is 4.37. The Morgan fingerprint density at radius 1 is 1.15 bits per heavy atom. The Morgan fingerprint density at radius 2 is 1.70 bits per heavy atom. The van der Waals surface area contributed by atoms with Crippen LogP contribution in [0.2, 0.25) is 0 Å². The van der Waals surface area contributed by atoms with Gasteiger partial charge in [0.15, 0.2) is 0 Å². The number of hydrogen-bond acceptors (Lipinski definition) is 3. The zero-order valence-electron chi connectivity index (χ0n) is 12.4. The molecule has 0 radical (unpaired) electrons. The summed E-state index contributed by atoms with van der Waals surface area (Å²) in [6, 6.07) is 6.89. The van der Waals surface area contributed by atoms with Crippen LogP contribution in [0.3, 0.4) is 0 Å². The molecule has 4 nitrogen and oxygen atoms in total. The lowest BCUT2D eigenvalue weighted by molar-refractivity contribution is -0.842. The zero-order chi connectivity index (χ0) is 14.8. The van der Waals surface area contributed by atoms with Crippen LogP contribution in [0.4, 0.5) is 0 Å². The number of aliphatic hydroxyl groups is 1. The molecule has 112 valence electrons. The fourth-order valence-corrected chi connectivity index (χ4v) is 3.24. The number of nitrogens with zero attached hydrogens (tertiary/aromatic N) is 1. The van der Waals surface area contributed by atoms with Crippen LogP contribution >= 0.6 is 0 Å². The third-order valence-electron chi connectivity index (χ3n) is 4.29. The van der Waals surface area contributed by atoms with Gasteiger partial charge in [-0.05, 0) is 30.5 Å². The number of rotatable bonds is 4. The van der Waals surface area contributed by atoms with E-state index < -0.39 is 10.2 Å². The first-order chi connectivity index (χ1) is 9.30. The Balaban J connectivity index is 2.31. The summed E-state index contributed by atoms with van der Waals surface area (Å²) in [5.41, 5.74) is 0.143. The van der Waals surface area contributed by atoms with Crippen molar-refractivity contribution < 1.29 is 14.9 Å². The van der Waals surface area contributed by atoms with E-state index in [0.717, 1.165) is 37.7 Å². The standard InChI is InChI=1S/C16H25NO3/c1-17(2,20)12-15(13-6-8-14(18)9-7-13)16(19)10-4-3-5-11-16/h6-9,15,18-19H,3-5,10-12H2,1-2H3. The number of quaternary nitrogens is 1. The normalized spacial score (nSPS) is 20.6. The number of benzene rings is 1. The van der Waals surface area contributed by atoms with E-state index in [1.54, 1.807) is 26.2 Å². The van der Waals surface area contributed by atoms with Gasteiger partial charge in [-0.2, -0.15) is 0 Å². The van der Waals surface area contributed by atoms with Crippen LogP contribution in [0.5, 0.6) is 5.75 Å². The predicted molar refractivity (Wildman–Crippen MR) is 79.2 cm³/mol. The largest absolute Gasteiger partial charge is 0.633 e. The monoisotopic (exact) mass is 279 g/mol. The van der Waals surface area contributed by atoms with Gasteiger partial charge in [-0.3, -0.25) is 0 Å². The number of phenolic OH excluding ortho intramolecular Hbond substituents is 1. The van der Waals surface area contributed by atoms with Crippen molar-refractivity contribution in [1.82, 2.24) is 0 Å². The molecular weight excluding hydrogens is 254 g/mol. The number of aromatic hydroxyl groups is 1. The number of likely N-dealkylation sites (N-methyl/N-ethyl adjacent to an activating group) is 1. The van der Waals surface area contributed by atoms with Crippen LogP contribution in [-0.4, -0.2) is 41.1 Å². The highest BCUT2D eigenvalue weighted by Crippen LogP contribution is 2.41. The topological polar surface area (TPSA) is 63.5 Å². The molecule has 1 saturated carbocycles. The molecule has 2 N–H and O–H groups in total. The smallest absolute Gasteiger partial charge is 0.115 e. The fourth-order valence-electron chi connectivity index (χ4n) is 3.24.